The third-order valence-corrected chi connectivity index (χ3v) is 4.06. The summed E-state index contributed by atoms with van der Waals surface area (Å²) >= 11 is 0. The minimum Gasteiger partial charge on any atom is -0.478 e. The van der Waals surface area contributed by atoms with Gasteiger partial charge in [-0.25, -0.2) is 4.79 Å². The lowest BCUT2D eigenvalue weighted by atomic mass is 10.1. The highest BCUT2D eigenvalue weighted by molar-refractivity contribution is 5.81. The van der Waals surface area contributed by atoms with E-state index in [9.17, 15) is 31.1 Å². The molecule has 1 aromatic rings. The molecule has 30 heavy (non-hydrogen) atoms. The van der Waals surface area contributed by atoms with Crippen molar-refractivity contribution in [2.75, 3.05) is 6.61 Å². The van der Waals surface area contributed by atoms with Crippen LogP contribution < -0.4 is 0 Å². The molecule has 0 bridgehead atoms. The van der Waals surface area contributed by atoms with Crippen LogP contribution in [0, 0.1) is 0 Å². The Morgan fingerprint density at radius 1 is 0.967 bits per heavy atom. The number of hydrogen-bond donors (Lipinski definition) is 1. The first kappa shape index (κ1) is 25.7. The van der Waals surface area contributed by atoms with Crippen molar-refractivity contribution in [3.05, 3.63) is 58.7 Å². The largest absolute Gasteiger partial charge is 0.478 e. The number of aliphatic carboxylic acids is 1. The molecule has 1 rings (SSSR count). The predicted octanol–water partition coefficient (Wildman–Crippen LogP) is 6.78. The molecule has 0 aliphatic carbocycles. The SMILES string of the molecule is CC(/C=C/CCCCCCOCc1cc(C(F)(F)F)cc(C(F)(F)F)c1)=C\C(=O)O. The second kappa shape index (κ2) is 11.8. The van der Waals surface area contributed by atoms with Gasteiger partial charge < -0.3 is 9.84 Å². The number of halogens is 6. The van der Waals surface area contributed by atoms with Crippen molar-refractivity contribution in [3.8, 4) is 0 Å². The highest BCUT2D eigenvalue weighted by atomic mass is 19.4. The summed E-state index contributed by atoms with van der Waals surface area (Å²) in [6, 6.07) is 1.43. The molecular weight excluding hydrogens is 414 g/mol. The molecule has 0 unspecified atom stereocenters. The van der Waals surface area contributed by atoms with Crippen LogP contribution in [0.25, 0.3) is 0 Å². The Labute approximate surface area is 171 Å². The summed E-state index contributed by atoms with van der Waals surface area (Å²) in [5.74, 6) is -1.00. The molecule has 0 aliphatic rings. The minimum absolute atomic E-state index is 0.0942. The van der Waals surface area contributed by atoms with E-state index in [1.807, 2.05) is 6.08 Å². The summed E-state index contributed by atoms with van der Waals surface area (Å²) in [5, 5.41) is 8.58. The zero-order chi connectivity index (χ0) is 22.8. The third-order valence-electron chi connectivity index (χ3n) is 4.06. The molecule has 0 heterocycles. The number of allylic oxidation sites excluding steroid dienone is 3. The van der Waals surface area contributed by atoms with E-state index in [4.69, 9.17) is 9.84 Å². The Morgan fingerprint density at radius 2 is 1.53 bits per heavy atom. The summed E-state index contributed by atoms with van der Waals surface area (Å²) in [6.45, 7) is 1.59. The lowest BCUT2D eigenvalue weighted by Gasteiger charge is -2.14. The van der Waals surface area contributed by atoms with Crippen molar-refractivity contribution < 1.29 is 41.0 Å². The number of carboxylic acid groups (broad SMARTS) is 1. The Balaban J connectivity index is 2.36. The first-order valence-electron chi connectivity index (χ1n) is 9.33. The first-order valence-corrected chi connectivity index (χ1v) is 9.33. The minimum atomic E-state index is -4.87. The zero-order valence-electron chi connectivity index (χ0n) is 16.4. The Morgan fingerprint density at radius 3 is 2.07 bits per heavy atom. The van der Waals surface area contributed by atoms with Crippen LogP contribution in [-0.2, 0) is 28.5 Å². The van der Waals surface area contributed by atoms with Gasteiger partial charge in [0.2, 0.25) is 0 Å². The fourth-order valence-corrected chi connectivity index (χ4v) is 2.62. The number of carboxylic acids is 1. The van der Waals surface area contributed by atoms with Gasteiger partial charge in [-0.3, -0.25) is 0 Å². The number of hydrogen-bond acceptors (Lipinski definition) is 2. The molecule has 1 aromatic carbocycles. The van der Waals surface area contributed by atoms with E-state index < -0.39 is 29.4 Å². The van der Waals surface area contributed by atoms with Gasteiger partial charge >= 0.3 is 18.3 Å². The molecule has 0 saturated carbocycles. The topological polar surface area (TPSA) is 46.5 Å². The van der Waals surface area contributed by atoms with E-state index in [0.717, 1.165) is 31.8 Å². The number of benzene rings is 1. The average molecular weight is 438 g/mol. The van der Waals surface area contributed by atoms with E-state index in [2.05, 4.69) is 0 Å². The molecular formula is C21H24F6O3. The Kier molecular flexibility index (Phi) is 10.1. The van der Waals surface area contributed by atoms with Gasteiger partial charge in [0.15, 0.2) is 0 Å². The molecule has 168 valence electrons. The molecule has 0 spiro atoms. The van der Waals surface area contributed by atoms with E-state index >= 15 is 0 Å². The maximum Gasteiger partial charge on any atom is 0.416 e. The van der Waals surface area contributed by atoms with Gasteiger partial charge in [-0.05, 0) is 55.5 Å². The van der Waals surface area contributed by atoms with E-state index in [0.29, 0.717) is 24.1 Å². The van der Waals surface area contributed by atoms with Gasteiger partial charge in [-0.1, -0.05) is 25.0 Å². The van der Waals surface area contributed by atoms with Crippen molar-refractivity contribution in [2.24, 2.45) is 0 Å². The molecule has 0 aromatic heterocycles. The molecule has 0 saturated heterocycles. The van der Waals surface area contributed by atoms with Crippen molar-refractivity contribution in [3.63, 3.8) is 0 Å². The van der Waals surface area contributed by atoms with Gasteiger partial charge in [-0.15, -0.1) is 0 Å². The molecule has 9 heteroatoms. The van der Waals surface area contributed by atoms with Crippen LogP contribution in [-0.4, -0.2) is 17.7 Å². The molecule has 0 aliphatic heterocycles. The third kappa shape index (κ3) is 10.5. The Hall–Kier alpha value is -2.29. The van der Waals surface area contributed by atoms with Crippen LogP contribution >= 0.6 is 0 Å². The van der Waals surface area contributed by atoms with Gasteiger partial charge in [0, 0.05) is 12.7 Å². The predicted molar refractivity (Wildman–Crippen MR) is 99.7 cm³/mol. The molecule has 0 fully saturated rings. The summed E-state index contributed by atoms with van der Waals surface area (Å²) in [7, 11) is 0. The van der Waals surface area contributed by atoms with Gasteiger partial charge in [-0.2, -0.15) is 26.3 Å². The second-order valence-corrected chi connectivity index (χ2v) is 6.80. The van der Waals surface area contributed by atoms with Crippen LogP contribution in [0.5, 0.6) is 0 Å². The highest BCUT2D eigenvalue weighted by Crippen LogP contribution is 2.36. The van der Waals surface area contributed by atoms with Crippen molar-refractivity contribution in [1.82, 2.24) is 0 Å². The summed E-state index contributed by atoms with van der Waals surface area (Å²) < 4.78 is 82.1. The van der Waals surface area contributed by atoms with Crippen molar-refractivity contribution >= 4 is 5.97 Å². The zero-order valence-corrected chi connectivity index (χ0v) is 16.4. The van der Waals surface area contributed by atoms with Crippen LogP contribution in [0.4, 0.5) is 26.3 Å². The fourth-order valence-electron chi connectivity index (χ4n) is 2.62. The first-order chi connectivity index (χ1) is 13.9. The summed E-state index contributed by atoms with van der Waals surface area (Å²) in [6.07, 6.45) is -1.08. The number of ether oxygens (including phenoxy) is 1. The quantitative estimate of drug-likeness (QED) is 0.179. The van der Waals surface area contributed by atoms with Crippen LogP contribution in [0.1, 0.15) is 55.7 Å². The van der Waals surface area contributed by atoms with E-state index in [1.165, 1.54) is 0 Å². The van der Waals surface area contributed by atoms with Crippen LogP contribution in [0.2, 0.25) is 0 Å². The smallest absolute Gasteiger partial charge is 0.416 e. The summed E-state index contributed by atoms with van der Waals surface area (Å²) in [4.78, 5) is 10.5. The molecule has 0 radical (unpaired) electrons. The summed E-state index contributed by atoms with van der Waals surface area (Å²) in [5.41, 5.74) is -2.24. The maximum atomic E-state index is 12.8. The number of alkyl halides is 6. The highest BCUT2D eigenvalue weighted by Gasteiger charge is 2.36. The van der Waals surface area contributed by atoms with Gasteiger partial charge in [0.1, 0.15) is 0 Å². The van der Waals surface area contributed by atoms with Crippen LogP contribution in [0.15, 0.2) is 42.0 Å². The van der Waals surface area contributed by atoms with E-state index in [-0.39, 0.29) is 24.8 Å². The maximum absolute atomic E-state index is 12.8. The number of unbranched alkanes of at least 4 members (excludes halogenated alkanes) is 4. The average Bonchev–Trinajstić information content (AvgIpc) is 2.61. The molecule has 0 atom stereocenters. The van der Waals surface area contributed by atoms with Crippen molar-refractivity contribution in [2.45, 2.75) is 58.0 Å². The lowest BCUT2D eigenvalue weighted by molar-refractivity contribution is -0.143. The van der Waals surface area contributed by atoms with Crippen molar-refractivity contribution in [1.29, 1.82) is 0 Å². The van der Waals surface area contributed by atoms with Gasteiger partial charge in [0.25, 0.3) is 0 Å². The normalized spacial score (nSPS) is 13.2. The van der Waals surface area contributed by atoms with E-state index in [1.54, 1.807) is 13.0 Å². The second-order valence-electron chi connectivity index (χ2n) is 6.80. The lowest BCUT2D eigenvalue weighted by Crippen LogP contribution is -2.12. The standard InChI is InChI=1S/C21H24F6O3/c1-15(10-19(28)29)8-6-4-2-3-5-7-9-30-14-16-11-17(20(22,23)24)13-18(12-16)21(25,26)27/h6,8,10-13H,2-5,7,9,14H2,1H3,(H,28,29)/b8-6+,15-10+. The molecule has 3 nitrogen and oxygen atoms in total. The fraction of sp³-hybridized carbons (Fsp3) is 0.476. The molecule has 1 N–H and O–H groups in total. The number of rotatable bonds is 11. The van der Waals surface area contributed by atoms with Gasteiger partial charge in [0.05, 0.1) is 17.7 Å². The molecule has 0 amide bonds. The van der Waals surface area contributed by atoms with Crippen LogP contribution in [0.3, 0.4) is 0 Å². The Bertz CT molecular complexity index is 716. The number of carbonyl (C=O) groups is 1. The monoisotopic (exact) mass is 438 g/mol.